The average Bonchev–Trinajstić information content (AvgIpc) is 3.32. The average molecular weight is 686 g/mol. The Balaban J connectivity index is 1.22. The summed E-state index contributed by atoms with van der Waals surface area (Å²) >= 11 is 0. The number of nitrogens with zero attached hydrogens (tertiary/aromatic N) is 1. The predicted molar refractivity (Wildman–Crippen MR) is 170 cm³/mol. The molecule has 3 N–H and O–H groups in total. The van der Waals surface area contributed by atoms with Gasteiger partial charge in [0, 0.05) is 26.0 Å². The number of benzene rings is 1. The van der Waals surface area contributed by atoms with Crippen LogP contribution in [0.5, 0.6) is 0 Å². The van der Waals surface area contributed by atoms with Crippen LogP contribution < -0.4 is 11.1 Å². The second-order valence-electron chi connectivity index (χ2n) is 10.2. The predicted octanol–water partition coefficient (Wildman–Crippen LogP) is 0.509. The van der Waals surface area contributed by atoms with Crippen molar-refractivity contribution in [3.8, 4) is 0 Å². The maximum atomic E-state index is 12.2. The first-order chi connectivity index (χ1) is 23.5. The highest BCUT2D eigenvalue weighted by atomic mass is 16.7. The third-order valence-corrected chi connectivity index (χ3v) is 6.44. The number of unbranched alkanes of at least 4 members (excludes halogenated alkanes) is 1. The molecule has 0 saturated heterocycles. The number of imide groups is 1. The van der Waals surface area contributed by atoms with E-state index in [4.69, 9.17) is 48.5 Å². The molecule has 0 fully saturated rings. The largest absolute Gasteiger partial charge is 0.379 e. The fourth-order valence-corrected chi connectivity index (χ4v) is 3.98. The van der Waals surface area contributed by atoms with Gasteiger partial charge in [-0.25, -0.2) is 0 Å². The van der Waals surface area contributed by atoms with Gasteiger partial charge in [-0.1, -0.05) is 12.1 Å². The Labute approximate surface area is 281 Å². The van der Waals surface area contributed by atoms with Gasteiger partial charge in [0.05, 0.1) is 117 Å². The summed E-state index contributed by atoms with van der Waals surface area (Å²) in [5, 5.41) is 3.63. The van der Waals surface area contributed by atoms with Crippen molar-refractivity contribution in [1.82, 2.24) is 10.4 Å². The summed E-state index contributed by atoms with van der Waals surface area (Å²) in [4.78, 5) is 52.1. The molecule has 1 aromatic carbocycles. The number of ether oxygens (including phenoxy) is 8. The second kappa shape index (κ2) is 27.8. The minimum Gasteiger partial charge on any atom is -0.379 e. The zero-order chi connectivity index (χ0) is 34.5. The number of nitrogens with one attached hydrogen (secondary N) is 1. The molecule has 0 atom stereocenters. The van der Waals surface area contributed by atoms with Gasteiger partial charge in [0.2, 0.25) is 11.8 Å². The van der Waals surface area contributed by atoms with Gasteiger partial charge in [-0.3, -0.25) is 24.0 Å². The Bertz CT molecular complexity index is 1010. The van der Waals surface area contributed by atoms with E-state index < -0.39 is 11.8 Å². The van der Waals surface area contributed by atoms with Gasteiger partial charge in [-0.2, -0.15) is 0 Å². The maximum Gasteiger partial charge on any atom is 0.285 e. The molecule has 272 valence electrons. The molecule has 16 nitrogen and oxygen atoms in total. The first kappa shape index (κ1) is 41.1. The lowest BCUT2D eigenvalue weighted by Gasteiger charge is -2.13. The smallest absolute Gasteiger partial charge is 0.285 e. The molecule has 2 rings (SSSR count). The van der Waals surface area contributed by atoms with E-state index in [1.165, 1.54) is 0 Å². The molecule has 1 aromatic rings. The number of carbonyl (C=O) groups is 4. The van der Waals surface area contributed by atoms with Crippen molar-refractivity contribution in [2.45, 2.75) is 25.7 Å². The van der Waals surface area contributed by atoms with Gasteiger partial charge in [-0.15, -0.1) is 5.06 Å². The fourth-order valence-electron chi connectivity index (χ4n) is 3.98. The van der Waals surface area contributed by atoms with Crippen LogP contribution >= 0.6 is 0 Å². The highest BCUT2D eigenvalue weighted by Crippen LogP contribution is 2.22. The molecule has 16 heteroatoms. The SMILES string of the molecule is NC(=O)CCOCCOCCOCCOCCCCNC(=O)CCOCCOCCOCCOCCON1C(=O)c2ccccc2C1=O. The summed E-state index contributed by atoms with van der Waals surface area (Å²) in [6.07, 6.45) is 2.14. The van der Waals surface area contributed by atoms with Crippen LogP contribution in [0.1, 0.15) is 46.4 Å². The van der Waals surface area contributed by atoms with Crippen LogP contribution in [0.3, 0.4) is 0 Å². The van der Waals surface area contributed by atoms with Crippen molar-refractivity contribution in [2.75, 3.05) is 119 Å². The van der Waals surface area contributed by atoms with Crippen LogP contribution in [0.15, 0.2) is 24.3 Å². The quantitative estimate of drug-likeness (QED) is 0.0769. The second-order valence-corrected chi connectivity index (χ2v) is 10.2. The zero-order valence-electron chi connectivity index (χ0n) is 27.7. The number of carbonyl (C=O) groups excluding carboxylic acids is 4. The third kappa shape index (κ3) is 19.7. The lowest BCUT2D eigenvalue weighted by Crippen LogP contribution is -2.31. The Morgan fingerprint density at radius 3 is 1.40 bits per heavy atom. The number of hydrogen-bond donors (Lipinski definition) is 2. The molecule has 0 radical (unpaired) electrons. The normalized spacial score (nSPS) is 12.5. The van der Waals surface area contributed by atoms with E-state index in [1.54, 1.807) is 24.3 Å². The molecule has 0 spiro atoms. The minimum atomic E-state index is -0.473. The van der Waals surface area contributed by atoms with Crippen LogP contribution in [0.4, 0.5) is 0 Å². The van der Waals surface area contributed by atoms with Gasteiger partial charge >= 0.3 is 0 Å². The van der Waals surface area contributed by atoms with Crippen molar-refractivity contribution in [2.24, 2.45) is 5.73 Å². The van der Waals surface area contributed by atoms with E-state index in [1.807, 2.05) is 0 Å². The van der Waals surface area contributed by atoms with Crippen molar-refractivity contribution in [3.63, 3.8) is 0 Å². The van der Waals surface area contributed by atoms with E-state index in [0.29, 0.717) is 117 Å². The number of fused-ring (bicyclic) bond motifs is 1. The third-order valence-electron chi connectivity index (χ3n) is 6.44. The summed E-state index contributed by atoms with van der Waals surface area (Å²) in [5.74, 6) is -1.39. The molecule has 1 aliphatic rings. The lowest BCUT2D eigenvalue weighted by molar-refractivity contribution is -0.122. The van der Waals surface area contributed by atoms with E-state index in [2.05, 4.69) is 5.32 Å². The molecule has 1 heterocycles. The zero-order valence-corrected chi connectivity index (χ0v) is 27.7. The van der Waals surface area contributed by atoms with Gasteiger partial charge in [0.15, 0.2) is 0 Å². The Hall–Kier alpha value is -3.06. The van der Waals surface area contributed by atoms with Crippen molar-refractivity contribution < 1.29 is 61.9 Å². The number of amides is 4. The number of rotatable bonds is 33. The molecule has 0 saturated carbocycles. The number of hydroxylamine groups is 2. The molecular formula is C32H51N3O13. The summed E-state index contributed by atoms with van der Waals surface area (Å²) < 4.78 is 43.2. The van der Waals surface area contributed by atoms with Crippen molar-refractivity contribution in [1.29, 1.82) is 0 Å². The highest BCUT2D eigenvalue weighted by molar-refractivity contribution is 6.20. The molecule has 1 aliphatic heterocycles. The lowest BCUT2D eigenvalue weighted by atomic mass is 10.1. The minimum absolute atomic E-state index is 0.0596. The molecule has 4 amide bonds. The van der Waals surface area contributed by atoms with Crippen LogP contribution in [-0.4, -0.2) is 148 Å². The first-order valence-electron chi connectivity index (χ1n) is 16.3. The topological polar surface area (TPSA) is 193 Å². The van der Waals surface area contributed by atoms with Crippen LogP contribution in [-0.2, 0) is 52.3 Å². The summed E-state index contributed by atoms with van der Waals surface area (Å²) in [6, 6.07) is 6.57. The summed E-state index contributed by atoms with van der Waals surface area (Å²) in [6.45, 7) is 7.07. The van der Waals surface area contributed by atoms with Crippen LogP contribution in [0, 0.1) is 0 Å². The van der Waals surface area contributed by atoms with Crippen molar-refractivity contribution >= 4 is 23.6 Å². The van der Waals surface area contributed by atoms with Gasteiger partial charge < -0.3 is 48.9 Å². The van der Waals surface area contributed by atoms with Gasteiger partial charge in [0.25, 0.3) is 11.8 Å². The summed E-state index contributed by atoms with van der Waals surface area (Å²) in [5.41, 5.74) is 5.68. The van der Waals surface area contributed by atoms with E-state index in [9.17, 15) is 19.2 Å². The number of hydrogen-bond acceptors (Lipinski definition) is 13. The van der Waals surface area contributed by atoms with E-state index in [-0.39, 0.29) is 37.9 Å². The summed E-state index contributed by atoms with van der Waals surface area (Å²) in [7, 11) is 0. The van der Waals surface area contributed by atoms with E-state index >= 15 is 0 Å². The van der Waals surface area contributed by atoms with Crippen LogP contribution in [0.25, 0.3) is 0 Å². The molecule has 0 aromatic heterocycles. The molecular weight excluding hydrogens is 634 g/mol. The molecule has 48 heavy (non-hydrogen) atoms. The first-order valence-corrected chi connectivity index (χ1v) is 16.3. The number of primary amides is 1. The van der Waals surface area contributed by atoms with E-state index in [0.717, 1.165) is 17.9 Å². The van der Waals surface area contributed by atoms with Gasteiger partial charge in [-0.05, 0) is 25.0 Å². The Morgan fingerprint density at radius 2 is 0.938 bits per heavy atom. The highest BCUT2D eigenvalue weighted by Gasteiger charge is 2.36. The van der Waals surface area contributed by atoms with Gasteiger partial charge in [0.1, 0.15) is 0 Å². The van der Waals surface area contributed by atoms with Crippen molar-refractivity contribution in [3.05, 3.63) is 35.4 Å². The monoisotopic (exact) mass is 685 g/mol. The number of nitrogens with two attached hydrogens (primary N) is 1. The standard InChI is InChI=1S/C32H51N3O13/c33-29(36)7-11-41-14-17-44-20-19-43-16-13-40-10-4-3-9-34-30(37)8-12-42-15-18-45-21-22-46-23-24-47-25-26-48-35-31(38)27-5-1-2-6-28(27)32(35)39/h1-2,5-6H,3-4,7-26H2,(H2,33,36)(H,34,37). The molecule has 0 bridgehead atoms. The molecule has 0 aliphatic carbocycles. The fraction of sp³-hybridized carbons (Fsp3) is 0.688. The Morgan fingerprint density at radius 1 is 0.542 bits per heavy atom. The maximum absolute atomic E-state index is 12.2. The van der Waals surface area contributed by atoms with Crippen LogP contribution in [0.2, 0.25) is 0 Å². The molecule has 0 unspecified atom stereocenters. The Kier molecular flexibility index (Phi) is 23.9.